The number of esters is 2. The lowest BCUT2D eigenvalue weighted by molar-refractivity contribution is -0.297. The SMILES string of the molecule is CCCC/C=C/CCCCCCCCCCCC(=O)OC[C@H](CO[C@H]1O[C@H](CS(=O)(=O)O)[C@@H](O)C(O)C1O)OC(=O)CCCCCC/C=C/C/C=C/C/C=C/CCCCC. The molecule has 1 aliphatic rings. The second-order valence-corrected chi connectivity index (χ2v) is 17.6. The van der Waals surface area contributed by atoms with Crippen LogP contribution >= 0.6 is 0 Å². The molecule has 4 N–H and O–H groups in total. The Labute approximate surface area is 363 Å². The first-order valence-electron chi connectivity index (χ1n) is 23.2. The molecule has 1 rings (SSSR count). The quantitative estimate of drug-likeness (QED) is 0.0200. The highest BCUT2D eigenvalue weighted by atomic mass is 32.2. The van der Waals surface area contributed by atoms with Crippen LogP contribution in [0, 0.1) is 0 Å². The van der Waals surface area contributed by atoms with Crippen molar-refractivity contribution in [2.45, 2.75) is 218 Å². The van der Waals surface area contributed by atoms with Crippen LogP contribution in [0.4, 0.5) is 0 Å². The van der Waals surface area contributed by atoms with E-state index in [1.54, 1.807) is 0 Å². The minimum Gasteiger partial charge on any atom is -0.462 e. The highest BCUT2D eigenvalue weighted by Gasteiger charge is 2.46. The first-order valence-corrected chi connectivity index (χ1v) is 24.8. The van der Waals surface area contributed by atoms with Gasteiger partial charge in [0.15, 0.2) is 12.4 Å². The van der Waals surface area contributed by atoms with Crippen molar-refractivity contribution in [3.8, 4) is 0 Å². The molecule has 0 saturated carbocycles. The smallest absolute Gasteiger partial charge is 0.306 e. The molecular formula is C47H82O12S. The standard InChI is InChI=1S/C47H82O12S/c1-3-5-7-9-11-13-15-17-19-20-22-24-26-28-30-32-34-36-43(49)58-40(38-57-47-46(52)45(51)44(50)41(59-47)39-60(53,54)55)37-56-42(48)35-33-31-29-27-25-23-21-18-16-14-12-10-8-6-4-2/h10-13,17,19,22,24,40-41,44-47,50-52H,3-9,14-16,18,20-21,23,25-39H2,1-2H3,(H,53,54,55)/b12-10+,13-11+,19-17+,24-22+/t40-,41-,44-,45?,46?,47+/m1/s1. The summed E-state index contributed by atoms with van der Waals surface area (Å²) < 4.78 is 54.1. The van der Waals surface area contributed by atoms with Gasteiger partial charge >= 0.3 is 11.9 Å². The van der Waals surface area contributed by atoms with Crippen LogP contribution in [0.1, 0.15) is 181 Å². The number of aliphatic hydroxyl groups excluding tert-OH is 3. The van der Waals surface area contributed by atoms with Gasteiger partial charge in [0.1, 0.15) is 36.8 Å². The monoisotopic (exact) mass is 871 g/mol. The van der Waals surface area contributed by atoms with Gasteiger partial charge in [0.05, 0.1) is 6.61 Å². The molecule has 0 amide bonds. The number of hydrogen-bond acceptors (Lipinski definition) is 11. The van der Waals surface area contributed by atoms with E-state index in [0.29, 0.717) is 12.8 Å². The summed E-state index contributed by atoms with van der Waals surface area (Å²) in [7, 11) is -4.61. The maximum absolute atomic E-state index is 12.8. The molecule has 60 heavy (non-hydrogen) atoms. The van der Waals surface area contributed by atoms with E-state index in [9.17, 15) is 37.9 Å². The van der Waals surface area contributed by atoms with E-state index < -0.39 is 71.2 Å². The average molecular weight is 871 g/mol. The van der Waals surface area contributed by atoms with Gasteiger partial charge in [0.2, 0.25) is 0 Å². The first-order chi connectivity index (χ1) is 29.0. The largest absolute Gasteiger partial charge is 0.462 e. The number of unbranched alkanes of at least 4 members (excludes halogenated alkanes) is 18. The van der Waals surface area contributed by atoms with Crippen LogP contribution in [0.5, 0.6) is 0 Å². The number of hydrogen-bond donors (Lipinski definition) is 4. The van der Waals surface area contributed by atoms with Gasteiger partial charge in [-0.2, -0.15) is 8.42 Å². The highest BCUT2D eigenvalue weighted by molar-refractivity contribution is 7.85. The molecule has 0 aromatic heterocycles. The van der Waals surface area contributed by atoms with E-state index in [-0.39, 0.29) is 19.4 Å². The van der Waals surface area contributed by atoms with Gasteiger partial charge in [-0.05, 0) is 70.6 Å². The molecule has 1 aliphatic heterocycles. The molecule has 0 aliphatic carbocycles. The fourth-order valence-corrected chi connectivity index (χ4v) is 7.41. The summed E-state index contributed by atoms with van der Waals surface area (Å²) in [5, 5.41) is 30.9. The molecule has 0 aromatic rings. The van der Waals surface area contributed by atoms with Crippen molar-refractivity contribution in [3.63, 3.8) is 0 Å². The Morgan fingerprint density at radius 2 is 1.02 bits per heavy atom. The fourth-order valence-electron chi connectivity index (χ4n) is 6.72. The number of carbonyl (C=O) groups is 2. The number of allylic oxidation sites excluding steroid dienone is 8. The second-order valence-electron chi connectivity index (χ2n) is 16.1. The Bertz CT molecular complexity index is 1300. The van der Waals surface area contributed by atoms with Gasteiger partial charge in [-0.15, -0.1) is 0 Å². The van der Waals surface area contributed by atoms with Crippen LogP contribution in [0.3, 0.4) is 0 Å². The van der Waals surface area contributed by atoms with E-state index in [4.69, 9.17) is 18.9 Å². The van der Waals surface area contributed by atoms with Crippen LogP contribution < -0.4 is 0 Å². The second kappa shape index (κ2) is 37.2. The molecule has 0 bridgehead atoms. The number of ether oxygens (including phenoxy) is 4. The summed E-state index contributed by atoms with van der Waals surface area (Å²) >= 11 is 0. The summed E-state index contributed by atoms with van der Waals surface area (Å²) in [6.07, 6.45) is 34.3. The number of aliphatic hydroxyl groups is 3. The summed E-state index contributed by atoms with van der Waals surface area (Å²) in [5.74, 6) is -2.02. The lowest BCUT2D eigenvalue weighted by Crippen LogP contribution is -2.60. The third-order valence-electron chi connectivity index (χ3n) is 10.4. The number of rotatable bonds is 38. The van der Waals surface area contributed by atoms with Gasteiger partial charge in [-0.1, -0.05) is 146 Å². The van der Waals surface area contributed by atoms with Crippen LogP contribution in [0.15, 0.2) is 48.6 Å². The third kappa shape index (κ3) is 31.5. The van der Waals surface area contributed by atoms with Crippen molar-refractivity contribution in [2.24, 2.45) is 0 Å². The molecule has 348 valence electrons. The van der Waals surface area contributed by atoms with Gasteiger partial charge in [-0.25, -0.2) is 0 Å². The Balaban J connectivity index is 2.46. The van der Waals surface area contributed by atoms with E-state index in [0.717, 1.165) is 64.2 Å². The Hall–Kier alpha value is -2.39. The van der Waals surface area contributed by atoms with E-state index in [1.165, 1.54) is 77.0 Å². The van der Waals surface area contributed by atoms with Crippen molar-refractivity contribution in [3.05, 3.63) is 48.6 Å². The fraction of sp³-hybridized carbons (Fsp3) is 0.787. The summed E-state index contributed by atoms with van der Waals surface area (Å²) in [6, 6.07) is 0. The van der Waals surface area contributed by atoms with Crippen molar-refractivity contribution in [1.82, 2.24) is 0 Å². The van der Waals surface area contributed by atoms with Crippen molar-refractivity contribution in [1.29, 1.82) is 0 Å². The van der Waals surface area contributed by atoms with Crippen molar-refractivity contribution >= 4 is 22.1 Å². The van der Waals surface area contributed by atoms with E-state index in [2.05, 4.69) is 62.5 Å². The van der Waals surface area contributed by atoms with Crippen molar-refractivity contribution < 1.29 is 56.8 Å². The normalized spacial score (nSPS) is 20.5. The van der Waals surface area contributed by atoms with Gasteiger partial charge in [-0.3, -0.25) is 14.1 Å². The summed E-state index contributed by atoms with van der Waals surface area (Å²) in [5.41, 5.74) is 0. The summed E-state index contributed by atoms with van der Waals surface area (Å²) in [4.78, 5) is 25.4. The van der Waals surface area contributed by atoms with Crippen molar-refractivity contribution in [2.75, 3.05) is 19.0 Å². The zero-order chi connectivity index (χ0) is 44.1. The van der Waals surface area contributed by atoms with Gasteiger partial charge in [0, 0.05) is 12.8 Å². The predicted octanol–water partition coefficient (Wildman–Crippen LogP) is 9.56. The maximum Gasteiger partial charge on any atom is 0.306 e. The first kappa shape index (κ1) is 55.6. The highest BCUT2D eigenvalue weighted by Crippen LogP contribution is 2.24. The predicted molar refractivity (Wildman–Crippen MR) is 238 cm³/mol. The molecule has 1 heterocycles. The Morgan fingerprint density at radius 1 is 0.567 bits per heavy atom. The van der Waals surface area contributed by atoms with E-state index >= 15 is 0 Å². The lowest BCUT2D eigenvalue weighted by Gasteiger charge is -2.40. The molecule has 6 atom stereocenters. The lowest BCUT2D eigenvalue weighted by atomic mass is 10.00. The van der Waals surface area contributed by atoms with E-state index in [1.807, 2.05) is 0 Å². The zero-order valence-electron chi connectivity index (χ0n) is 37.1. The Kier molecular flexibility index (Phi) is 34.5. The van der Waals surface area contributed by atoms with Crippen LogP contribution in [-0.2, 0) is 38.7 Å². The Morgan fingerprint density at radius 3 is 1.55 bits per heavy atom. The third-order valence-corrected chi connectivity index (χ3v) is 11.1. The molecule has 2 unspecified atom stereocenters. The minimum atomic E-state index is -4.61. The van der Waals surface area contributed by atoms with Crippen LogP contribution in [0.2, 0.25) is 0 Å². The average Bonchev–Trinajstić information content (AvgIpc) is 3.21. The molecule has 1 fully saturated rings. The molecular weight excluding hydrogens is 789 g/mol. The zero-order valence-corrected chi connectivity index (χ0v) is 37.9. The molecule has 0 aromatic carbocycles. The van der Waals surface area contributed by atoms with Crippen LogP contribution in [-0.4, -0.2) is 96.0 Å². The topological polar surface area (TPSA) is 186 Å². The molecule has 1 saturated heterocycles. The van der Waals surface area contributed by atoms with Gasteiger partial charge < -0.3 is 34.3 Å². The number of carbonyl (C=O) groups excluding carboxylic acids is 2. The summed E-state index contributed by atoms with van der Waals surface area (Å²) in [6.45, 7) is 3.68. The van der Waals surface area contributed by atoms with Gasteiger partial charge in [0.25, 0.3) is 10.1 Å². The van der Waals surface area contributed by atoms with Crippen LogP contribution in [0.25, 0.3) is 0 Å². The minimum absolute atomic E-state index is 0.137. The molecule has 0 radical (unpaired) electrons. The molecule has 12 nitrogen and oxygen atoms in total. The molecule has 0 spiro atoms. The maximum atomic E-state index is 12.8. The molecule has 13 heteroatoms.